The molecule has 1 saturated heterocycles. The largest absolute Gasteiger partial charge is 0.377 e. The van der Waals surface area contributed by atoms with Gasteiger partial charge in [-0.2, -0.15) is 0 Å². The smallest absolute Gasteiger partial charge is 0.253 e. The summed E-state index contributed by atoms with van der Waals surface area (Å²) < 4.78 is 33.9. The van der Waals surface area contributed by atoms with E-state index in [-0.39, 0.29) is 22.9 Å². The Bertz CT molecular complexity index is 1110. The van der Waals surface area contributed by atoms with E-state index in [0.717, 1.165) is 0 Å². The van der Waals surface area contributed by atoms with E-state index in [9.17, 15) is 18.4 Å². The molecular weight excluding hydrogens is 392 g/mol. The molecule has 3 heterocycles. The van der Waals surface area contributed by atoms with Crippen molar-refractivity contribution >= 4 is 5.91 Å². The van der Waals surface area contributed by atoms with Crippen molar-refractivity contribution in [1.29, 1.82) is 0 Å². The number of nitrogens with zero attached hydrogens (tertiary/aromatic N) is 2. The van der Waals surface area contributed by atoms with Crippen molar-refractivity contribution in [2.75, 3.05) is 13.2 Å². The molecule has 1 amide bonds. The molecule has 1 N–H and O–H groups in total. The molecule has 2 aromatic heterocycles. The Morgan fingerprint density at radius 3 is 2.60 bits per heavy atom. The standard InChI is InChI=1S/C22H19F2N3O3/c23-10-14-3-5-15(6-4-14)20(21-18(24)2-1-9-25-21)26-22(29)16-7-8-19(28)27(11-16)17-12-30-13-17/h1-9,11,17,20H,10,12-13H2,(H,26,29)/t20-/m0/s1. The first-order valence-corrected chi connectivity index (χ1v) is 9.43. The minimum absolute atomic E-state index is 0.0413. The van der Waals surface area contributed by atoms with Gasteiger partial charge in [0.2, 0.25) is 0 Å². The second kappa shape index (κ2) is 8.54. The van der Waals surface area contributed by atoms with Gasteiger partial charge in [-0.3, -0.25) is 14.6 Å². The number of carbonyl (C=O) groups excluding carboxylic acids is 1. The van der Waals surface area contributed by atoms with Gasteiger partial charge < -0.3 is 14.6 Å². The Morgan fingerprint density at radius 2 is 1.97 bits per heavy atom. The maximum Gasteiger partial charge on any atom is 0.253 e. The van der Waals surface area contributed by atoms with E-state index in [1.54, 1.807) is 24.3 Å². The first kappa shape index (κ1) is 19.9. The molecule has 6 nitrogen and oxygen atoms in total. The van der Waals surface area contributed by atoms with Gasteiger partial charge in [0.15, 0.2) is 0 Å². The number of benzene rings is 1. The second-order valence-corrected chi connectivity index (χ2v) is 7.01. The zero-order valence-corrected chi connectivity index (χ0v) is 15.9. The van der Waals surface area contributed by atoms with Crippen LogP contribution in [0.5, 0.6) is 0 Å². The number of alkyl halides is 1. The third kappa shape index (κ3) is 3.99. The van der Waals surface area contributed by atoms with Gasteiger partial charge in [-0.25, -0.2) is 8.78 Å². The highest BCUT2D eigenvalue weighted by Gasteiger charge is 2.25. The maximum atomic E-state index is 14.5. The highest BCUT2D eigenvalue weighted by atomic mass is 19.1. The number of nitrogens with one attached hydrogen (secondary N) is 1. The minimum Gasteiger partial charge on any atom is -0.377 e. The summed E-state index contributed by atoms with van der Waals surface area (Å²) in [5.41, 5.74) is 1.09. The molecule has 154 valence electrons. The number of rotatable bonds is 6. The number of carbonyl (C=O) groups is 1. The number of pyridine rings is 2. The number of aromatic nitrogens is 2. The number of ether oxygens (including phenoxy) is 1. The third-order valence-electron chi connectivity index (χ3n) is 5.02. The van der Waals surface area contributed by atoms with Gasteiger partial charge in [0, 0.05) is 18.5 Å². The van der Waals surface area contributed by atoms with Gasteiger partial charge in [0.05, 0.1) is 30.9 Å². The molecule has 3 aromatic rings. The van der Waals surface area contributed by atoms with Gasteiger partial charge in [-0.05, 0) is 29.3 Å². The van der Waals surface area contributed by atoms with Crippen molar-refractivity contribution in [3.8, 4) is 0 Å². The highest BCUT2D eigenvalue weighted by Crippen LogP contribution is 2.24. The number of hydrogen-bond acceptors (Lipinski definition) is 4. The van der Waals surface area contributed by atoms with Crippen molar-refractivity contribution in [2.24, 2.45) is 0 Å². The average Bonchev–Trinajstić information content (AvgIpc) is 2.73. The first-order chi connectivity index (χ1) is 14.6. The number of amides is 1. The quantitative estimate of drug-likeness (QED) is 0.677. The summed E-state index contributed by atoms with van der Waals surface area (Å²) in [7, 11) is 0. The topological polar surface area (TPSA) is 73.2 Å². The van der Waals surface area contributed by atoms with Crippen molar-refractivity contribution in [1.82, 2.24) is 14.9 Å². The molecule has 0 spiro atoms. The zero-order chi connectivity index (χ0) is 21.1. The summed E-state index contributed by atoms with van der Waals surface area (Å²) in [6.45, 7) is 0.197. The van der Waals surface area contributed by atoms with Crippen LogP contribution in [0.4, 0.5) is 8.78 Å². The Labute approximate surface area is 171 Å². The maximum absolute atomic E-state index is 14.5. The summed E-state index contributed by atoms with van der Waals surface area (Å²) in [6, 6.07) is 10.9. The zero-order valence-electron chi connectivity index (χ0n) is 15.9. The van der Waals surface area contributed by atoms with E-state index in [4.69, 9.17) is 4.74 Å². The van der Waals surface area contributed by atoms with Crippen LogP contribution in [0.15, 0.2) is 65.7 Å². The van der Waals surface area contributed by atoms with Crippen molar-refractivity contribution in [2.45, 2.75) is 18.8 Å². The van der Waals surface area contributed by atoms with Crippen LogP contribution >= 0.6 is 0 Å². The predicted molar refractivity (Wildman–Crippen MR) is 105 cm³/mol. The number of halogens is 2. The molecule has 0 radical (unpaired) electrons. The Balaban J connectivity index is 1.67. The molecule has 0 aliphatic carbocycles. The van der Waals surface area contributed by atoms with Crippen LogP contribution in [0, 0.1) is 5.82 Å². The fourth-order valence-corrected chi connectivity index (χ4v) is 3.24. The Morgan fingerprint density at radius 1 is 1.20 bits per heavy atom. The van der Waals surface area contributed by atoms with Crippen molar-refractivity contribution in [3.63, 3.8) is 0 Å². The third-order valence-corrected chi connectivity index (χ3v) is 5.02. The summed E-state index contributed by atoms with van der Waals surface area (Å²) in [5, 5.41) is 2.78. The molecule has 8 heteroatoms. The van der Waals surface area contributed by atoms with Crippen LogP contribution in [0.1, 0.15) is 39.3 Å². The van der Waals surface area contributed by atoms with Gasteiger partial charge >= 0.3 is 0 Å². The lowest BCUT2D eigenvalue weighted by Crippen LogP contribution is -2.38. The van der Waals surface area contributed by atoms with Gasteiger partial charge in [0.1, 0.15) is 18.2 Å². The van der Waals surface area contributed by atoms with Crippen molar-refractivity contribution in [3.05, 3.63) is 99.5 Å². The fourth-order valence-electron chi connectivity index (χ4n) is 3.24. The number of hydrogen-bond donors (Lipinski definition) is 1. The van der Waals surface area contributed by atoms with Crippen LogP contribution in [-0.2, 0) is 11.4 Å². The Kier molecular flexibility index (Phi) is 5.67. The SMILES string of the molecule is O=C(N[C@@H](c1ccc(CF)cc1)c1ncccc1F)c1ccc(=O)n(C2COC2)c1. The van der Waals surface area contributed by atoms with Crippen LogP contribution in [0.3, 0.4) is 0 Å². The van der Waals surface area contributed by atoms with Crippen LogP contribution in [0.2, 0.25) is 0 Å². The lowest BCUT2D eigenvalue weighted by atomic mass is 10.0. The molecule has 0 unspecified atom stereocenters. The fraction of sp³-hybridized carbons (Fsp3) is 0.227. The Hall–Kier alpha value is -3.39. The van der Waals surface area contributed by atoms with E-state index in [1.165, 1.54) is 41.2 Å². The summed E-state index contributed by atoms with van der Waals surface area (Å²) in [5.74, 6) is -1.07. The summed E-state index contributed by atoms with van der Waals surface area (Å²) in [4.78, 5) is 29.1. The second-order valence-electron chi connectivity index (χ2n) is 7.01. The van der Waals surface area contributed by atoms with Crippen LogP contribution in [0.25, 0.3) is 0 Å². The van der Waals surface area contributed by atoms with Crippen molar-refractivity contribution < 1.29 is 18.3 Å². The lowest BCUT2D eigenvalue weighted by molar-refractivity contribution is -0.0249. The average molecular weight is 411 g/mol. The first-order valence-electron chi connectivity index (χ1n) is 9.43. The van der Waals surface area contributed by atoms with E-state index in [0.29, 0.717) is 24.3 Å². The van der Waals surface area contributed by atoms with E-state index in [1.807, 2.05) is 0 Å². The molecule has 0 bridgehead atoms. The molecule has 1 aliphatic rings. The van der Waals surface area contributed by atoms with Gasteiger partial charge in [0.25, 0.3) is 11.5 Å². The summed E-state index contributed by atoms with van der Waals surface area (Å²) in [6.07, 6.45) is 2.91. The molecule has 1 fully saturated rings. The minimum atomic E-state index is -0.889. The van der Waals surface area contributed by atoms with E-state index < -0.39 is 24.4 Å². The van der Waals surface area contributed by atoms with Crippen LogP contribution < -0.4 is 10.9 Å². The van der Waals surface area contributed by atoms with E-state index in [2.05, 4.69) is 10.3 Å². The van der Waals surface area contributed by atoms with E-state index >= 15 is 0 Å². The van der Waals surface area contributed by atoms with Gasteiger partial charge in [-0.1, -0.05) is 24.3 Å². The highest BCUT2D eigenvalue weighted by molar-refractivity contribution is 5.94. The summed E-state index contributed by atoms with van der Waals surface area (Å²) >= 11 is 0. The van der Waals surface area contributed by atoms with Gasteiger partial charge in [-0.15, -0.1) is 0 Å². The lowest BCUT2D eigenvalue weighted by Gasteiger charge is -2.28. The van der Waals surface area contributed by atoms with Crippen LogP contribution in [-0.4, -0.2) is 28.7 Å². The molecule has 30 heavy (non-hydrogen) atoms. The molecule has 0 saturated carbocycles. The monoisotopic (exact) mass is 411 g/mol. The molecule has 1 aromatic carbocycles. The molecule has 1 aliphatic heterocycles. The molecule has 4 rings (SSSR count). The molecular formula is C22H19F2N3O3. The molecule has 1 atom stereocenters. The normalized spacial score (nSPS) is 14.7. The predicted octanol–water partition coefficient (Wildman–Crippen LogP) is 2.94.